The molecule has 0 aliphatic rings. The molecule has 0 amide bonds. The van der Waals surface area contributed by atoms with Crippen molar-refractivity contribution >= 4 is 31.9 Å². The van der Waals surface area contributed by atoms with Gasteiger partial charge in [-0.15, -0.1) is 0 Å². The third-order valence-electron chi connectivity index (χ3n) is 3.18. The highest BCUT2D eigenvalue weighted by molar-refractivity contribution is 9.11. The normalized spacial score (nSPS) is 11.2. The molecule has 4 heteroatoms. The second kappa shape index (κ2) is 9.08. The van der Waals surface area contributed by atoms with E-state index in [0.717, 1.165) is 14.5 Å². The minimum absolute atomic E-state index is 0.439. The van der Waals surface area contributed by atoms with Crippen LogP contribution in [0.1, 0.15) is 31.1 Å². The van der Waals surface area contributed by atoms with Crippen LogP contribution < -0.4 is 4.74 Å². The Morgan fingerprint density at radius 2 is 1.92 bits per heavy atom. The molecule has 1 N–H and O–H groups in total. The number of rotatable bonds is 4. The molecule has 2 nitrogen and oxygen atoms in total. The molecule has 0 heterocycles. The number of benzene rings is 2. The Morgan fingerprint density at radius 3 is 2.58 bits per heavy atom. The summed E-state index contributed by atoms with van der Waals surface area (Å²) in [6.07, 6.45) is 1.04. The number of aliphatic hydroxyl groups excluding tert-OH is 1. The van der Waals surface area contributed by atoms with Gasteiger partial charge >= 0.3 is 0 Å². The average Bonchev–Trinajstić information content (AvgIpc) is 2.55. The second-order valence-electron chi connectivity index (χ2n) is 5.44. The SMILES string of the molecule is CC(C)=CCOc1c(Br)cc(Br)cc1[C@@H](O)C#Cc1ccccc1. The van der Waals surface area contributed by atoms with Crippen LogP contribution in [0.4, 0.5) is 0 Å². The minimum Gasteiger partial charge on any atom is -0.488 e. The maximum absolute atomic E-state index is 10.5. The van der Waals surface area contributed by atoms with Crippen LogP contribution in [-0.4, -0.2) is 11.7 Å². The first kappa shape index (κ1) is 18.8. The predicted molar refractivity (Wildman–Crippen MR) is 105 cm³/mol. The molecule has 0 unspecified atom stereocenters. The van der Waals surface area contributed by atoms with Crippen molar-refractivity contribution in [3.05, 3.63) is 74.2 Å². The smallest absolute Gasteiger partial charge is 0.144 e. The number of ether oxygens (including phenoxy) is 1. The summed E-state index contributed by atoms with van der Waals surface area (Å²) in [5.41, 5.74) is 2.66. The van der Waals surface area contributed by atoms with E-state index in [-0.39, 0.29) is 0 Å². The summed E-state index contributed by atoms with van der Waals surface area (Å²) in [7, 11) is 0. The first-order valence-electron chi connectivity index (χ1n) is 7.47. The number of aliphatic hydroxyl groups is 1. The van der Waals surface area contributed by atoms with E-state index in [1.54, 1.807) is 0 Å². The Morgan fingerprint density at radius 1 is 1.21 bits per heavy atom. The van der Waals surface area contributed by atoms with Gasteiger partial charge in [-0.3, -0.25) is 0 Å². The first-order valence-corrected chi connectivity index (χ1v) is 9.05. The number of hydrogen-bond donors (Lipinski definition) is 1. The Kier molecular flexibility index (Phi) is 7.11. The molecule has 0 saturated carbocycles. The number of halogens is 2. The lowest BCUT2D eigenvalue weighted by molar-refractivity contribution is 0.229. The molecule has 0 bridgehead atoms. The molecule has 24 heavy (non-hydrogen) atoms. The van der Waals surface area contributed by atoms with E-state index in [2.05, 4.69) is 43.7 Å². The highest BCUT2D eigenvalue weighted by Crippen LogP contribution is 2.36. The lowest BCUT2D eigenvalue weighted by Crippen LogP contribution is -2.03. The minimum atomic E-state index is -0.944. The van der Waals surface area contributed by atoms with Crippen LogP contribution >= 0.6 is 31.9 Å². The van der Waals surface area contributed by atoms with Gasteiger partial charge in [-0.2, -0.15) is 0 Å². The van der Waals surface area contributed by atoms with Gasteiger partial charge in [0.25, 0.3) is 0 Å². The average molecular weight is 450 g/mol. The van der Waals surface area contributed by atoms with E-state index in [1.807, 2.05) is 62.4 Å². The van der Waals surface area contributed by atoms with Gasteiger partial charge in [0.1, 0.15) is 18.5 Å². The van der Waals surface area contributed by atoms with Gasteiger partial charge in [-0.05, 0) is 60.1 Å². The lowest BCUT2D eigenvalue weighted by Gasteiger charge is -2.15. The molecule has 0 fully saturated rings. The van der Waals surface area contributed by atoms with E-state index >= 15 is 0 Å². The summed E-state index contributed by atoms with van der Waals surface area (Å²) in [5, 5.41) is 10.5. The van der Waals surface area contributed by atoms with Crippen molar-refractivity contribution in [3.63, 3.8) is 0 Å². The van der Waals surface area contributed by atoms with Crippen molar-refractivity contribution < 1.29 is 9.84 Å². The zero-order valence-corrected chi connectivity index (χ0v) is 16.7. The van der Waals surface area contributed by atoms with Crippen LogP contribution in [-0.2, 0) is 0 Å². The van der Waals surface area contributed by atoms with Crippen molar-refractivity contribution in [1.29, 1.82) is 0 Å². The monoisotopic (exact) mass is 448 g/mol. The molecule has 2 rings (SSSR count). The van der Waals surface area contributed by atoms with Crippen LogP contribution in [0.5, 0.6) is 5.75 Å². The standard InChI is InChI=1S/C20H18Br2O2/c1-14(2)10-11-24-20-17(12-16(21)13-18(20)22)19(23)9-8-15-6-4-3-5-7-15/h3-7,10,12-13,19,23H,11H2,1-2H3/t19-/m0/s1. The van der Waals surface area contributed by atoms with E-state index in [4.69, 9.17) is 4.74 Å². The molecule has 0 aromatic heterocycles. The van der Waals surface area contributed by atoms with E-state index < -0.39 is 6.10 Å². The van der Waals surface area contributed by atoms with Gasteiger partial charge in [0.2, 0.25) is 0 Å². The third kappa shape index (κ3) is 5.52. The van der Waals surface area contributed by atoms with E-state index in [1.165, 1.54) is 5.57 Å². The number of hydrogen-bond acceptors (Lipinski definition) is 2. The molecule has 1 atom stereocenters. The highest BCUT2D eigenvalue weighted by Gasteiger charge is 2.16. The maximum atomic E-state index is 10.5. The quantitative estimate of drug-likeness (QED) is 0.483. The van der Waals surface area contributed by atoms with Crippen LogP contribution in [0, 0.1) is 11.8 Å². The van der Waals surface area contributed by atoms with Gasteiger partial charge in [0.05, 0.1) is 4.47 Å². The van der Waals surface area contributed by atoms with E-state index in [0.29, 0.717) is 17.9 Å². The molecule has 2 aromatic rings. The third-order valence-corrected chi connectivity index (χ3v) is 4.22. The molecule has 0 aliphatic carbocycles. The Bertz CT molecular complexity index is 783. The Balaban J connectivity index is 2.30. The lowest BCUT2D eigenvalue weighted by atomic mass is 10.1. The summed E-state index contributed by atoms with van der Waals surface area (Å²) >= 11 is 6.94. The zero-order chi connectivity index (χ0) is 17.5. The van der Waals surface area contributed by atoms with Crippen molar-refractivity contribution in [1.82, 2.24) is 0 Å². The van der Waals surface area contributed by atoms with E-state index in [9.17, 15) is 5.11 Å². The molecule has 0 aliphatic heterocycles. The van der Waals surface area contributed by atoms with Gasteiger partial charge in [0, 0.05) is 15.6 Å². The van der Waals surface area contributed by atoms with Crippen LogP contribution in [0.2, 0.25) is 0 Å². The second-order valence-corrected chi connectivity index (χ2v) is 7.21. The van der Waals surface area contributed by atoms with Crippen LogP contribution in [0.15, 0.2) is 63.1 Å². The summed E-state index contributed by atoms with van der Waals surface area (Å²) in [6, 6.07) is 13.3. The Hall–Kier alpha value is -1.54. The van der Waals surface area contributed by atoms with Crippen molar-refractivity contribution in [2.45, 2.75) is 20.0 Å². The molecule has 2 aromatic carbocycles. The van der Waals surface area contributed by atoms with Crippen molar-refractivity contribution in [3.8, 4) is 17.6 Å². The number of allylic oxidation sites excluding steroid dienone is 1. The van der Waals surface area contributed by atoms with Gasteiger partial charge in [0.15, 0.2) is 0 Å². The largest absolute Gasteiger partial charge is 0.488 e. The first-order chi connectivity index (χ1) is 11.5. The topological polar surface area (TPSA) is 29.5 Å². The van der Waals surface area contributed by atoms with Crippen molar-refractivity contribution in [2.24, 2.45) is 0 Å². The van der Waals surface area contributed by atoms with Crippen LogP contribution in [0.25, 0.3) is 0 Å². The summed E-state index contributed by atoms with van der Waals surface area (Å²) in [6.45, 7) is 4.47. The predicted octanol–water partition coefficient (Wildman–Crippen LogP) is 5.64. The van der Waals surface area contributed by atoms with Crippen LogP contribution in [0.3, 0.4) is 0 Å². The van der Waals surface area contributed by atoms with Gasteiger partial charge in [-0.25, -0.2) is 0 Å². The summed E-state index contributed by atoms with van der Waals surface area (Å²) in [5.74, 6) is 6.47. The highest BCUT2D eigenvalue weighted by atomic mass is 79.9. The summed E-state index contributed by atoms with van der Waals surface area (Å²) in [4.78, 5) is 0. The molecule has 0 spiro atoms. The fourth-order valence-corrected chi connectivity index (χ4v) is 3.35. The van der Waals surface area contributed by atoms with Crippen molar-refractivity contribution in [2.75, 3.05) is 6.61 Å². The molecule has 0 radical (unpaired) electrons. The fraction of sp³-hybridized carbons (Fsp3) is 0.200. The summed E-state index contributed by atoms with van der Waals surface area (Å²) < 4.78 is 7.45. The van der Waals surface area contributed by atoms with Gasteiger partial charge < -0.3 is 9.84 Å². The fourth-order valence-electron chi connectivity index (χ4n) is 1.98. The molecular formula is C20H18Br2O2. The molecule has 0 saturated heterocycles. The zero-order valence-electron chi connectivity index (χ0n) is 13.5. The molecular weight excluding hydrogens is 432 g/mol. The maximum Gasteiger partial charge on any atom is 0.144 e. The van der Waals surface area contributed by atoms with Gasteiger partial charge in [-0.1, -0.05) is 51.5 Å². The molecule has 124 valence electrons. The Labute approximate surface area is 159 Å².